The first kappa shape index (κ1) is 16.4. The van der Waals surface area contributed by atoms with Gasteiger partial charge in [0.1, 0.15) is 11.1 Å². The van der Waals surface area contributed by atoms with E-state index in [4.69, 9.17) is 9.47 Å². The molecule has 1 aromatic heterocycles. The van der Waals surface area contributed by atoms with Crippen LogP contribution in [-0.2, 0) is 14.3 Å². The van der Waals surface area contributed by atoms with Gasteiger partial charge >= 0.3 is 0 Å². The Morgan fingerprint density at radius 3 is 3.00 bits per heavy atom. The van der Waals surface area contributed by atoms with Crippen molar-refractivity contribution in [3.8, 4) is 0 Å². The smallest absolute Gasteiger partial charge is 0.252 e. The number of aryl methyl sites for hydroxylation is 1. The molecule has 2 heterocycles. The second kappa shape index (κ2) is 7.87. The minimum absolute atomic E-state index is 0.0589. The molecule has 0 radical (unpaired) electrons. The van der Waals surface area contributed by atoms with Gasteiger partial charge in [0.05, 0.1) is 19.3 Å². The molecule has 5 nitrogen and oxygen atoms in total. The van der Waals surface area contributed by atoms with E-state index in [2.05, 4.69) is 4.98 Å². The van der Waals surface area contributed by atoms with Gasteiger partial charge in [-0.15, -0.1) is 11.3 Å². The van der Waals surface area contributed by atoms with Crippen LogP contribution in [0.2, 0.25) is 0 Å². The lowest BCUT2D eigenvalue weighted by molar-refractivity contribution is -0.147. The summed E-state index contributed by atoms with van der Waals surface area (Å²) in [6.07, 6.45) is 2.76. The Hall–Kier alpha value is -0.980. The summed E-state index contributed by atoms with van der Waals surface area (Å²) in [6.45, 7) is 5.55. The summed E-state index contributed by atoms with van der Waals surface area (Å²) < 4.78 is 10.5. The Morgan fingerprint density at radius 2 is 2.33 bits per heavy atom. The van der Waals surface area contributed by atoms with Crippen LogP contribution in [0.15, 0.2) is 5.38 Å². The van der Waals surface area contributed by atoms with E-state index in [9.17, 15) is 4.79 Å². The van der Waals surface area contributed by atoms with E-state index in [-0.39, 0.29) is 11.9 Å². The van der Waals surface area contributed by atoms with Crippen molar-refractivity contribution in [1.29, 1.82) is 0 Å². The van der Waals surface area contributed by atoms with Gasteiger partial charge in [-0.2, -0.15) is 0 Å². The fourth-order valence-corrected chi connectivity index (χ4v) is 3.53. The van der Waals surface area contributed by atoms with Crippen molar-refractivity contribution in [1.82, 2.24) is 9.88 Å². The number of carbonyl (C=O) groups excluding carboxylic acids is 1. The van der Waals surface area contributed by atoms with E-state index in [0.29, 0.717) is 13.2 Å². The zero-order valence-electron chi connectivity index (χ0n) is 13.0. The van der Waals surface area contributed by atoms with Crippen LogP contribution in [0.1, 0.15) is 42.9 Å². The van der Waals surface area contributed by atoms with Gasteiger partial charge in [-0.25, -0.2) is 4.98 Å². The van der Waals surface area contributed by atoms with Gasteiger partial charge in [0.2, 0.25) is 0 Å². The van der Waals surface area contributed by atoms with E-state index in [1.165, 1.54) is 0 Å². The molecule has 0 bridgehead atoms. The van der Waals surface area contributed by atoms with E-state index in [0.717, 1.165) is 36.5 Å². The topological polar surface area (TPSA) is 51.7 Å². The lowest BCUT2D eigenvalue weighted by Gasteiger charge is -2.36. The fraction of sp³-hybridized carbons (Fsp3) is 0.733. The van der Waals surface area contributed by atoms with E-state index in [1.807, 2.05) is 24.1 Å². The molecule has 0 N–H and O–H groups in total. The highest BCUT2D eigenvalue weighted by atomic mass is 32.1. The number of hydrogen-bond acceptors (Lipinski definition) is 5. The number of amides is 1. The van der Waals surface area contributed by atoms with E-state index >= 15 is 0 Å². The molecule has 118 valence electrons. The van der Waals surface area contributed by atoms with E-state index < -0.39 is 6.10 Å². The molecule has 1 saturated heterocycles. The Morgan fingerprint density at radius 1 is 1.52 bits per heavy atom. The maximum atomic E-state index is 12.6. The molecule has 1 aromatic rings. The van der Waals surface area contributed by atoms with Crippen LogP contribution in [0.25, 0.3) is 0 Å². The third-order valence-corrected chi connectivity index (χ3v) is 4.77. The van der Waals surface area contributed by atoms with Gasteiger partial charge in [0.15, 0.2) is 0 Å². The quantitative estimate of drug-likeness (QED) is 0.758. The minimum Gasteiger partial charge on any atom is -0.382 e. The standard InChI is InChI=1S/C15H24N2O3S/c1-11-10-21-14(16-11)13-6-4-5-7-17(13)15(18)12(2)20-9-8-19-3/h10,12-13H,4-9H2,1-3H3/t12-,13-/m0/s1. The van der Waals surface area contributed by atoms with Crippen molar-refractivity contribution in [3.63, 3.8) is 0 Å². The normalized spacial score (nSPS) is 20.5. The molecule has 0 aromatic carbocycles. The van der Waals surface area contributed by atoms with Crippen LogP contribution in [0.3, 0.4) is 0 Å². The first-order chi connectivity index (χ1) is 10.1. The molecule has 1 aliphatic rings. The number of methoxy groups -OCH3 is 1. The Bertz CT molecular complexity index is 464. The van der Waals surface area contributed by atoms with Crippen molar-refractivity contribution in [2.24, 2.45) is 0 Å². The number of rotatable bonds is 6. The predicted molar refractivity (Wildman–Crippen MR) is 82.4 cm³/mol. The third-order valence-electron chi connectivity index (χ3n) is 3.71. The Balaban J connectivity index is 2.02. The third kappa shape index (κ3) is 4.25. The van der Waals surface area contributed by atoms with Crippen molar-refractivity contribution in [3.05, 3.63) is 16.1 Å². The summed E-state index contributed by atoms with van der Waals surface area (Å²) in [6, 6.07) is 0.110. The van der Waals surface area contributed by atoms with Crippen LogP contribution < -0.4 is 0 Å². The second-order valence-corrected chi connectivity index (χ2v) is 6.27. The highest BCUT2D eigenvalue weighted by Gasteiger charge is 2.32. The summed E-state index contributed by atoms with van der Waals surface area (Å²) >= 11 is 1.64. The molecular weight excluding hydrogens is 288 g/mol. The second-order valence-electron chi connectivity index (χ2n) is 5.38. The van der Waals surface area contributed by atoms with Gasteiger partial charge in [-0.1, -0.05) is 0 Å². The van der Waals surface area contributed by atoms with Gasteiger partial charge in [-0.3, -0.25) is 4.79 Å². The summed E-state index contributed by atoms with van der Waals surface area (Å²) in [5.74, 6) is 0.0589. The number of carbonyl (C=O) groups is 1. The summed E-state index contributed by atoms with van der Waals surface area (Å²) in [5.41, 5.74) is 1.03. The number of nitrogens with zero attached hydrogens (tertiary/aromatic N) is 2. The maximum absolute atomic E-state index is 12.6. The number of aromatic nitrogens is 1. The molecule has 0 spiro atoms. The molecule has 6 heteroatoms. The number of hydrogen-bond donors (Lipinski definition) is 0. The summed E-state index contributed by atoms with van der Waals surface area (Å²) in [5, 5.41) is 3.09. The average molecular weight is 312 g/mol. The van der Waals surface area contributed by atoms with Crippen molar-refractivity contribution in [2.75, 3.05) is 26.9 Å². The molecule has 0 aliphatic carbocycles. The maximum Gasteiger partial charge on any atom is 0.252 e. The predicted octanol–water partition coefficient (Wildman–Crippen LogP) is 2.56. The van der Waals surface area contributed by atoms with Crippen LogP contribution >= 0.6 is 11.3 Å². The molecular formula is C15H24N2O3S. The molecule has 0 saturated carbocycles. The number of likely N-dealkylation sites (tertiary alicyclic amines) is 1. The first-order valence-electron chi connectivity index (χ1n) is 7.46. The lowest BCUT2D eigenvalue weighted by Crippen LogP contribution is -2.44. The van der Waals surface area contributed by atoms with Crippen molar-refractivity contribution >= 4 is 17.2 Å². The highest BCUT2D eigenvalue weighted by Crippen LogP contribution is 2.33. The van der Waals surface area contributed by atoms with Gasteiger partial charge in [-0.05, 0) is 33.1 Å². The number of thiazole rings is 1. The highest BCUT2D eigenvalue weighted by molar-refractivity contribution is 7.09. The van der Waals surface area contributed by atoms with Gasteiger partial charge in [0, 0.05) is 24.7 Å². The van der Waals surface area contributed by atoms with E-state index in [1.54, 1.807) is 18.4 Å². The van der Waals surface area contributed by atoms with Crippen LogP contribution in [0, 0.1) is 6.92 Å². The molecule has 2 atom stereocenters. The molecule has 1 amide bonds. The van der Waals surface area contributed by atoms with Crippen LogP contribution in [0.4, 0.5) is 0 Å². The molecule has 2 rings (SSSR count). The van der Waals surface area contributed by atoms with Gasteiger partial charge < -0.3 is 14.4 Å². The molecule has 1 aliphatic heterocycles. The van der Waals surface area contributed by atoms with Crippen LogP contribution in [-0.4, -0.2) is 48.8 Å². The first-order valence-corrected chi connectivity index (χ1v) is 8.34. The van der Waals surface area contributed by atoms with Crippen LogP contribution in [0.5, 0.6) is 0 Å². The zero-order chi connectivity index (χ0) is 15.2. The molecule has 1 fully saturated rings. The number of ether oxygens (including phenoxy) is 2. The Labute approximate surface area is 130 Å². The monoisotopic (exact) mass is 312 g/mol. The Kier molecular flexibility index (Phi) is 6.14. The van der Waals surface area contributed by atoms with Gasteiger partial charge in [0.25, 0.3) is 5.91 Å². The average Bonchev–Trinajstić information content (AvgIpc) is 2.93. The van der Waals surface area contributed by atoms with Crippen molar-refractivity contribution < 1.29 is 14.3 Å². The minimum atomic E-state index is -0.429. The number of piperidine rings is 1. The molecule has 0 unspecified atom stereocenters. The zero-order valence-corrected chi connectivity index (χ0v) is 13.8. The molecule has 21 heavy (non-hydrogen) atoms. The SMILES string of the molecule is COCCO[C@@H](C)C(=O)N1CCCC[C@H]1c1nc(C)cs1. The fourth-order valence-electron chi connectivity index (χ4n) is 2.59. The van der Waals surface area contributed by atoms with Crippen molar-refractivity contribution in [2.45, 2.75) is 45.3 Å². The largest absolute Gasteiger partial charge is 0.382 e. The summed E-state index contributed by atoms with van der Waals surface area (Å²) in [7, 11) is 1.63. The lowest BCUT2D eigenvalue weighted by atomic mass is 10.0. The summed E-state index contributed by atoms with van der Waals surface area (Å²) in [4.78, 5) is 19.1.